The largest absolute Gasteiger partial charge is 0.389 e. The highest BCUT2D eigenvalue weighted by atomic mass is 16.3. The number of aryl methyl sites for hydroxylation is 1. The van der Waals surface area contributed by atoms with Gasteiger partial charge in [0.25, 0.3) is 0 Å². The molecule has 0 aromatic heterocycles. The maximum atomic E-state index is 11.0. The molecule has 0 aliphatic heterocycles. The van der Waals surface area contributed by atoms with Crippen LogP contribution in [-0.4, -0.2) is 17.5 Å². The summed E-state index contributed by atoms with van der Waals surface area (Å²) in [6, 6.07) is 15.7. The molecule has 0 atom stereocenters. The summed E-state index contributed by atoms with van der Waals surface area (Å²) in [5.41, 5.74) is 6.76. The summed E-state index contributed by atoms with van der Waals surface area (Å²) < 4.78 is 0. The Hall–Kier alpha value is -2.19. The van der Waals surface area contributed by atoms with E-state index in [-0.39, 0.29) is 12.4 Å². The van der Waals surface area contributed by atoms with Gasteiger partial charge in [0.15, 0.2) is 5.78 Å². The molecular formula is C24H28O2. The van der Waals surface area contributed by atoms with Crippen molar-refractivity contribution < 1.29 is 9.90 Å². The Balaban J connectivity index is 1.40. The predicted molar refractivity (Wildman–Crippen MR) is 108 cm³/mol. The lowest BCUT2D eigenvalue weighted by atomic mass is 9.98. The van der Waals surface area contributed by atoms with Gasteiger partial charge < -0.3 is 5.11 Å². The van der Waals surface area contributed by atoms with Crippen molar-refractivity contribution in [1.82, 2.24) is 0 Å². The van der Waals surface area contributed by atoms with E-state index in [1.807, 2.05) is 0 Å². The minimum atomic E-state index is -0.307. The quantitative estimate of drug-likeness (QED) is 0.586. The molecule has 26 heavy (non-hydrogen) atoms. The van der Waals surface area contributed by atoms with E-state index < -0.39 is 0 Å². The van der Waals surface area contributed by atoms with E-state index in [4.69, 9.17) is 5.11 Å². The normalized spacial score (nSPS) is 12.3. The van der Waals surface area contributed by atoms with Crippen LogP contribution >= 0.6 is 0 Å². The third-order valence-electron chi connectivity index (χ3n) is 5.16. The fraction of sp³-hybridized carbons (Fsp3) is 0.375. The molecule has 0 saturated carbocycles. The van der Waals surface area contributed by atoms with Gasteiger partial charge in [-0.05, 0) is 53.5 Å². The summed E-state index contributed by atoms with van der Waals surface area (Å²) in [7, 11) is 0. The monoisotopic (exact) mass is 348 g/mol. The van der Waals surface area contributed by atoms with Crippen molar-refractivity contribution in [2.75, 3.05) is 6.61 Å². The Morgan fingerprint density at radius 1 is 0.885 bits per heavy atom. The van der Waals surface area contributed by atoms with E-state index in [9.17, 15) is 4.79 Å². The average Bonchev–Trinajstić information content (AvgIpc) is 3.15. The Morgan fingerprint density at radius 3 is 2.42 bits per heavy atom. The Kier molecular flexibility index (Phi) is 6.79. The first-order valence-corrected chi connectivity index (χ1v) is 9.77. The second-order valence-corrected chi connectivity index (χ2v) is 7.18. The van der Waals surface area contributed by atoms with Gasteiger partial charge in [0.05, 0.1) is 0 Å². The van der Waals surface area contributed by atoms with E-state index in [0.29, 0.717) is 6.42 Å². The molecule has 136 valence electrons. The van der Waals surface area contributed by atoms with Gasteiger partial charge >= 0.3 is 0 Å². The van der Waals surface area contributed by atoms with Crippen LogP contribution in [0.15, 0.2) is 48.5 Å². The number of rotatable bonds is 10. The van der Waals surface area contributed by atoms with Crippen LogP contribution in [0.4, 0.5) is 0 Å². The van der Waals surface area contributed by atoms with Gasteiger partial charge in [-0.3, -0.25) is 4.79 Å². The molecule has 1 N–H and O–H groups in total. The Bertz CT molecular complexity index is 756. The number of hydrogen-bond acceptors (Lipinski definition) is 2. The number of allylic oxidation sites excluding steroid dienone is 1. The van der Waals surface area contributed by atoms with Crippen molar-refractivity contribution in [2.45, 2.75) is 51.4 Å². The minimum Gasteiger partial charge on any atom is -0.389 e. The summed E-state index contributed by atoms with van der Waals surface area (Å²) in [5, 5.41) is 8.68. The highest BCUT2D eigenvalue weighted by Crippen LogP contribution is 2.27. The first-order valence-electron chi connectivity index (χ1n) is 9.77. The third kappa shape index (κ3) is 5.15. The van der Waals surface area contributed by atoms with Crippen molar-refractivity contribution in [3.63, 3.8) is 0 Å². The number of carbonyl (C=O) groups is 1. The number of hydrogen-bond donors (Lipinski definition) is 1. The van der Waals surface area contributed by atoms with Crippen LogP contribution in [0.25, 0.3) is 17.2 Å². The number of carbonyl (C=O) groups excluding carboxylic acids is 1. The Morgan fingerprint density at radius 2 is 1.62 bits per heavy atom. The second-order valence-electron chi connectivity index (χ2n) is 7.18. The predicted octanol–water partition coefficient (Wildman–Crippen LogP) is 5.37. The first kappa shape index (κ1) is 18.6. The third-order valence-corrected chi connectivity index (χ3v) is 5.16. The molecule has 2 aromatic carbocycles. The number of unbranched alkanes of at least 4 members (excludes halogenated alkanes) is 4. The van der Waals surface area contributed by atoms with Crippen molar-refractivity contribution in [2.24, 2.45) is 0 Å². The fourth-order valence-corrected chi connectivity index (χ4v) is 3.56. The summed E-state index contributed by atoms with van der Waals surface area (Å²) in [5.74, 6) is -0.0373. The van der Waals surface area contributed by atoms with E-state index in [2.05, 4.69) is 54.6 Å². The standard InChI is InChI=1S/C24H28O2/c25-18-24(26)10-5-3-1-2-4-7-19-11-13-21(14-12-19)23-16-15-20-8-6-9-22(20)17-23/h6,8,11-17,25H,1-5,7,9-10,18H2. The summed E-state index contributed by atoms with van der Waals surface area (Å²) in [6.07, 6.45) is 12.7. The van der Waals surface area contributed by atoms with Gasteiger partial charge in [-0.2, -0.15) is 0 Å². The van der Waals surface area contributed by atoms with Crippen molar-refractivity contribution in [3.05, 3.63) is 65.2 Å². The maximum Gasteiger partial charge on any atom is 0.158 e. The molecule has 0 saturated heterocycles. The van der Waals surface area contributed by atoms with Crippen LogP contribution in [0.2, 0.25) is 0 Å². The van der Waals surface area contributed by atoms with E-state index >= 15 is 0 Å². The molecule has 0 heterocycles. The minimum absolute atomic E-state index is 0.0373. The number of aliphatic hydroxyl groups is 1. The molecule has 1 aliphatic carbocycles. The zero-order chi connectivity index (χ0) is 18.2. The number of fused-ring (bicyclic) bond motifs is 1. The smallest absolute Gasteiger partial charge is 0.158 e. The summed E-state index contributed by atoms with van der Waals surface area (Å²) in [6.45, 7) is -0.307. The van der Waals surface area contributed by atoms with Gasteiger partial charge in [-0.15, -0.1) is 0 Å². The molecule has 1 aliphatic rings. The van der Waals surface area contributed by atoms with Gasteiger partial charge in [0, 0.05) is 6.42 Å². The van der Waals surface area contributed by atoms with Gasteiger partial charge in [0.1, 0.15) is 6.61 Å². The topological polar surface area (TPSA) is 37.3 Å². The number of ketones is 1. The summed E-state index contributed by atoms with van der Waals surface area (Å²) >= 11 is 0. The fourth-order valence-electron chi connectivity index (χ4n) is 3.56. The van der Waals surface area contributed by atoms with Crippen LogP contribution in [0.1, 0.15) is 55.2 Å². The highest BCUT2D eigenvalue weighted by molar-refractivity contribution is 5.79. The Labute approximate surface area is 156 Å². The van der Waals surface area contributed by atoms with Crippen LogP contribution in [-0.2, 0) is 17.6 Å². The first-order chi connectivity index (χ1) is 12.8. The molecule has 0 spiro atoms. The number of Topliss-reactive ketones (excluding diaryl/α,β-unsaturated/α-hetero) is 1. The molecule has 2 aromatic rings. The molecule has 2 heteroatoms. The van der Waals surface area contributed by atoms with Crippen LogP contribution in [0, 0.1) is 0 Å². The molecule has 2 nitrogen and oxygen atoms in total. The highest BCUT2D eigenvalue weighted by Gasteiger charge is 2.07. The zero-order valence-electron chi connectivity index (χ0n) is 15.4. The molecule has 0 radical (unpaired) electrons. The molecule has 0 amide bonds. The zero-order valence-corrected chi connectivity index (χ0v) is 15.4. The second kappa shape index (κ2) is 9.49. The summed E-state index contributed by atoms with van der Waals surface area (Å²) in [4.78, 5) is 11.0. The molecular weight excluding hydrogens is 320 g/mol. The average molecular weight is 348 g/mol. The maximum absolute atomic E-state index is 11.0. The SMILES string of the molecule is O=C(CO)CCCCCCCc1ccc(-c2ccc3c(c2)CC=C3)cc1. The van der Waals surface area contributed by atoms with Gasteiger partial charge in [-0.25, -0.2) is 0 Å². The van der Waals surface area contributed by atoms with E-state index in [0.717, 1.165) is 25.7 Å². The van der Waals surface area contributed by atoms with Crippen LogP contribution in [0.5, 0.6) is 0 Å². The number of aliphatic hydroxyl groups excluding tert-OH is 1. The molecule has 0 bridgehead atoms. The van der Waals surface area contributed by atoms with Crippen molar-refractivity contribution in [3.8, 4) is 11.1 Å². The van der Waals surface area contributed by atoms with Gasteiger partial charge in [-0.1, -0.05) is 73.9 Å². The number of benzene rings is 2. The van der Waals surface area contributed by atoms with Crippen molar-refractivity contribution >= 4 is 11.9 Å². The van der Waals surface area contributed by atoms with Gasteiger partial charge in [0.2, 0.25) is 0 Å². The van der Waals surface area contributed by atoms with Crippen LogP contribution < -0.4 is 0 Å². The molecule has 3 rings (SSSR count). The lowest BCUT2D eigenvalue weighted by Gasteiger charge is -2.07. The van der Waals surface area contributed by atoms with E-state index in [1.54, 1.807) is 0 Å². The van der Waals surface area contributed by atoms with Crippen molar-refractivity contribution in [1.29, 1.82) is 0 Å². The van der Waals surface area contributed by atoms with E-state index in [1.165, 1.54) is 47.1 Å². The molecule has 0 fully saturated rings. The lowest BCUT2D eigenvalue weighted by molar-refractivity contribution is -0.121. The lowest BCUT2D eigenvalue weighted by Crippen LogP contribution is -2.02. The molecule has 0 unspecified atom stereocenters. The van der Waals surface area contributed by atoms with Crippen LogP contribution in [0.3, 0.4) is 0 Å².